The molecule has 0 radical (unpaired) electrons. The number of nitriles is 1. The topological polar surface area (TPSA) is 93.0 Å². The van der Waals surface area contributed by atoms with Gasteiger partial charge >= 0.3 is 0 Å². The quantitative estimate of drug-likeness (QED) is 0.656. The number of H-pyrrole nitrogens is 1. The summed E-state index contributed by atoms with van der Waals surface area (Å²) in [6, 6.07) is 6.38. The first-order valence-corrected chi connectivity index (χ1v) is 8.20. The minimum atomic E-state index is -0.328. The molecule has 1 aromatic carbocycles. The van der Waals surface area contributed by atoms with E-state index in [9.17, 15) is 4.39 Å². The van der Waals surface area contributed by atoms with Gasteiger partial charge in [0.05, 0.1) is 11.6 Å². The maximum atomic E-state index is 13.9. The zero-order chi connectivity index (χ0) is 17.6. The zero-order valence-electron chi connectivity index (χ0n) is 14.0. The molecule has 0 spiro atoms. The second-order valence-electron chi connectivity index (χ2n) is 5.95. The minimum absolute atomic E-state index is 0.288. The largest absolute Gasteiger partial charge is 0.352 e. The summed E-state index contributed by atoms with van der Waals surface area (Å²) < 4.78 is 13.9. The highest BCUT2D eigenvalue weighted by Crippen LogP contribution is 2.25. The van der Waals surface area contributed by atoms with Crippen molar-refractivity contribution in [1.29, 1.82) is 5.26 Å². The Kier molecular flexibility index (Phi) is 5.23. The number of hydrogen-bond donors (Lipinski definition) is 2. The number of aromatic amines is 1. The van der Waals surface area contributed by atoms with Crippen LogP contribution < -0.4 is 5.32 Å². The van der Waals surface area contributed by atoms with E-state index < -0.39 is 0 Å². The van der Waals surface area contributed by atoms with Gasteiger partial charge in [-0.2, -0.15) is 10.4 Å². The van der Waals surface area contributed by atoms with Crippen molar-refractivity contribution in [2.24, 2.45) is 4.99 Å². The molecule has 25 heavy (non-hydrogen) atoms. The molecule has 2 N–H and O–H groups in total. The summed E-state index contributed by atoms with van der Waals surface area (Å²) >= 11 is 0. The summed E-state index contributed by atoms with van der Waals surface area (Å²) in [6.45, 7) is 1.97. The van der Waals surface area contributed by atoms with Gasteiger partial charge in [-0.3, -0.25) is 10.1 Å². The Labute approximate surface area is 145 Å². The number of aliphatic imine (C=N–C) groups is 1. The van der Waals surface area contributed by atoms with Crippen LogP contribution in [0.2, 0.25) is 0 Å². The van der Waals surface area contributed by atoms with Gasteiger partial charge in [0.1, 0.15) is 18.0 Å². The Morgan fingerprint density at radius 3 is 2.92 bits per heavy atom. The van der Waals surface area contributed by atoms with Crippen molar-refractivity contribution in [3.8, 4) is 6.07 Å². The highest BCUT2D eigenvalue weighted by molar-refractivity contribution is 5.80. The Morgan fingerprint density at radius 2 is 2.28 bits per heavy atom. The van der Waals surface area contributed by atoms with Crippen molar-refractivity contribution in [2.75, 3.05) is 20.1 Å². The number of nitrogens with zero attached hydrogens (tertiary/aromatic N) is 5. The predicted molar refractivity (Wildman–Crippen MR) is 91.2 cm³/mol. The number of hydrogen-bond acceptors (Lipinski definition) is 4. The number of piperidine rings is 1. The van der Waals surface area contributed by atoms with E-state index in [0.717, 1.165) is 37.7 Å². The molecule has 1 fully saturated rings. The van der Waals surface area contributed by atoms with Crippen molar-refractivity contribution < 1.29 is 4.39 Å². The Bertz CT molecular complexity index is 771. The number of nitrogens with one attached hydrogen (secondary N) is 2. The van der Waals surface area contributed by atoms with Crippen LogP contribution in [0.3, 0.4) is 0 Å². The molecule has 0 aliphatic carbocycles. The van der Waals surface area contributed by atoms with E-state index in [-0.39, 0.29) is 12.4 Å². The first kappa shape index (κ1) is 16.9. The van der Waals surface area contributed by atoms with E-state index >= 15 is 0 Å². The summed E-state index contributed by atoms with van der Waals surface area (Å²) in [5.74, 6) is 1.71. The molecular weight excluding hydrogens is 321 g/mol. The Morgan fingerprint density at radius 1 is 1.48 bits per heavy atom. The van der Waals surface area contributed by atoms with Gasteiger partial charge in [0.2, 0.25) is 0 Å². The standard InChI is InChI=1S/C17H20FN7/c1-20-17(21-10-14-8-12(9-19)2-3-15(14)18)25-6-4-13(5-7-25)16-22-11-23-24-16/h2-3,8,11,13H,4-7,10H2,1H3,(H,20,21)(H,22,23,24). The molecule has 130 valence electrons. The van der Waals surface area contributed by atoms with Gasteiger partial charge in [0.15, 0.2) is 5.96 Å². The van der Waals surface area contributed by atoms with Crippen molar-refractivity contribution in [3.63, 3.8) is 0 Å². The Balaban J connectivity index is 1.58. The summed E-state index contributed by atoms with van der Waals surface area (Å²) in [5, 5.41) is 19.0. The molecule has 2 heterocycles. The van der Waals surface area contributed by atoms with E-state index in [0.29, 0.717) is 17.0 Å². The van der Waals surface area contributed by atoms with Crippen LogP contribution in [0.25, 0.3) is 0 Å². The molecular formula is C17H20FN7. The summed E-state index contributed by atoms with van der Waals surface area (Å²) in [4.78, 5) is 10.7. The van der Waals surface area contributed by atoms with Crippen LogP contribution in [-0.4, -0.2) is 46.2 Å². The second-order valence-corrected chi connectivity index (χ2v) is 5.95. The lowest BCUT2D eigenvalue weighted by atomic mass is 9.96. The van der Waals surface area contributed by atoms with Gasteiger partial charge in [-0.15, -0.1) is 0 Å². The van der Waals surface area contributed by atoms with Crippen LogP contribution in [0.1, 0.15) is 35.7 Å². The van der Waals surface area contributed by atoms with Crippen molar-refractivity contribution >= 4 is 5.96 Å². The highest BCUT2D eigenvalue weighted by Gasteiger charge is 2.24. The average Bonchev–Trinajstić information content (AvgIpc) is 3.19. The van der Waals surface area contributed by atoms with Crippen LogP contribution >= 0.6 is 0 Å². The molecule has 2 aromatic rings. The summed E-state index contributed by atoms with van der Waals surface area (Å²) in [5.41, 5.74) is 0.901. The fourth-order valence-corrected chi connectivity index (χ4v) is 3.06. The van der Waals surface area contributed by atoms with E-state index in [4.69, 9.17) is 5.26 Å². The lowest BCUT2D eigenvalue weighted by molar-refractivity contribution is 0.298. The van der Waals surface area contributed by atoms with Crippen LogP contribution in [0, 0.1) is 17.1 Å². The molecule has 0 atom stereocenters. The van der Waals surface area contributed by atoms with Gasteiger partial charge in [-0.25, -0.2) is 9.37 Å². The van der Waals surface area contributed by atoms with Crippen molar-refractivity contribution in [1.82, 2.24) is 25.4 Å². The first-order chi connectivity index (χ1) is 12.2. The molecule has 3 rings (SSSR count). The van der Waals surface area contributed by atoms with Gasteiger partial charge < -0.3 is 10.2 Å². The summed E-state index contributed by atoms with van der Waals surface area (Å²) in [6.07, 6.45) is 3.44. The number of likely N-dealkylation sites (tertiary alicyclic amines) is 1. The molecule has 0 unspecified atom stereocenters. The Hall–Kier alpha value is -2.95. The lowest BCUT2D eigenvalue weighted by Crippen LogP contribution is -2.45. The number of guanidine groups is 1. The molecule has 1 aliphatic rings. The van der Waals surface area contributed by atoms with Gasteiger partial charge in [-0.05, 0) is 31.0 Å². The average molecular weight is 341 g/mol. The van der Waals surface area contributed by atoms with E-state index in [1.54, 1.807) is 13.1 Å². The van der Waals surface area contributed by atoms with Crippen LogP contribution in [0.15, 0.2) is 29.5 Å². The monoisotopic (exact) mass is 341 g/mol. The fourth-order valence-electron chi connectivity index (χ4n) is 3.06. The molecule has 8 heteroatoms. The van der Waals surface area contributed by atoms with Crippen molar-refractivity contribution in [3.05, 3.63) is 47.3 Å². The molecule has 0 bridgehead atoms. The molecule has 7 nitrogen and oxygen atoms in total. The smallest absolute Gasteiger partial charge is 0.193 e. The van der Waals surface area contributed by atoms with Gasteiger partial charge in [-0.1, -0.05) is 0 Å². The molecule has 0 saturated carbocycles. The molecule has 0 amide bonds. The van der Waals surface area contributed by atoms with Gasteiger partial charge in [0.25, 0.3) is 0 Å². The normalized spacial score (nSPS) is 15.9. The SMILES string of the molecule is CN=C(NCc1cc(C#N)ccc1F)N1CCC(c2ncn[nH]2)CC1. The fraction of sp³-hybridized carbons (Fsp3) is 0.412. The number of rotatable bonds is 3. The summed E-state index contributed by atoms with van der Waals surface area (Å²) in [7, 11) is 1.72. The third-order valence-corrected chi connectivity index (χ3v) is 4.44. The molecule has 1 aromatic heterocycles. The van der Waals surface area contributed by atoms with Crippen LogP contribution in [-0.2, 0) is 6.54 Å². The highest BCUT2D eigenvalue weighted by atomic mass is 19.1. The van der Waals surface area contributed by atoms with Crippen LogP contribution in [0.5, 0.6) is 0 Å². The molecule has 1 saturated heterocycles. The van der Waals surface area contributed by atoms with Crippen LogP contribution in [0.4, 0.5) is 4.39 Å². The maximum absolute atomic E-state index is 13.9. The predicted octanol–water partition coefficient (Wildman–Crippen LogP) is 1.77. The van der Waals surface area contributed by atoms with Crippen molar-refractivity contribution in [2.45, 2.75) is 25.3 Å². The van der Waals surface area contributed by atoms with E-state index in [1.165, 1.54) is 18.5 Å². The lowest BCUT2D eigenvalue weighted by Gasteiger charge is -2.33. The molecule has 1 aliphatic heterocycles. The number of benzene rings is 1. The first-order valence-electron chi connectivity index (χ1n) is 8.20. The maximum Gasteiger partial charge on any atom is 0.193 e. The number of halogens is 1. The number of aromatic nitrogens is 3. The van der Waals surface area contributed by atoms with E-state index in [2.05, 4.69) is 30.4 Å². The van der Waals surface area contributed by atoms with E-state index in [1.807, 2.05) is 6.07 Å². The zero-order valence-corrected chi connectivity index (χ0v) is 14.0. The third kappa shape index (κ3) is 3.94. The second kappa shape index (κ2) is 7.75. The third-order valence-electron chi connectivity index (χ3n) is 4.44. The van der Waals surface area contributed by atoms with Gasteiger partial charge in [0, 0.05) is 38.2 Å². The minimum Gasteiger partial charge on any atom is -0.352 e.